The van der Waals surface area contributed by atoms with E-state index in [0.29, 0.717) is 23.8 Å². The molecule has 0 saturated heterocycles. The van der Waals surface area contributed by atoms with Gasteiger partial charge in [0.25, 0.3) is 5.91 Å². The maximum Gasteiger partial charge on any atom is 0.254 e. The molecule has 0 heterocycles. The Hall–Kier alpha value is -3.45. The summed E-state index contributed by atoms with van der Waals surface area (Å²) in [4.78, 5) is 30.6. The Kier molecular flexibility index (Phi) is 8.48. The molecule has 1 fully saturated rings. The number of aliphatic hydroxyl groups is 3. The molecule has 0 radical (unpaired) electrons. The Labute approximate surface area is 252 Å². The molecule has 43 heavy (non-hydrogen) atoms. The first kappa shape index (κ1) is 32.5. The molecule has 0 bridgehead atoms. The number of aliphatic hydroxyl groups excluding tert-OH is 2. The Morgan fingerprint density at radius 3 is 2.37 bits per heavy atom. The summed E-state index contributed by atoms with van der Waals surface area (Å²) in [5.41, 5.74) is 0.759. The first-order valence-electron chi connectivity index (χ1n) is 14.6. The normalized spacial score (nSPS) is 27.9. The minimum absolute atomic E-state index is 0.0223. The Morgan fingerprint density at radius 1 is 1.26 bits per heavy atom. The average molecular weight is 600 g/mol. The number of carbonyl (C=O) groups is 2. The zero-order valence-electron chi connectivity index (χ0n) is 26.2. The summed E-state index contributed by atoms with van der Waals surface area (Å²) in [5, 5.41) is 58.2. The molecule has 12 nitrogen and oxygen atoms in total. The van der Waals surface area contributed by atoms with Crippen molar-refractivity contribution in [1.82, 2.24) is 15.1 Å². The summed E-state index contributed by atoms with van der Waals surface area (Å²) >= 11 is 0. The quantitative estimate of drug-likeness (QED) is 0.219. The lowest BCUT2D eigenvalue weighted by Gasteiger charge is -2.59. The van der Waals surface area contributed by atoms with Gasteiger partial charge in [0.2, 0.25) is 5.78 Å². The summed E-state index contributed by atoms with van der Waals surface area (Å²) in [6.45, 7) is 9.73. The predicted octanol–water partition coefficient (Wildman–Crippen LogP) is 1.63. The SMILES string of the molecule is CCN(Cc1cc(O)c2c(c1OC)C[C@H]1C[C@@]3(NC)[C@H](N(C)C)C(O)=C(C(N)=O)C(=N)[C@@]3(O)C(=O)C1=C2O)[C@H](C)C(C)C. The minimum atomic E-state index is -2.68. The van der Waals surface area contributed by atoms with E-state index in [1.807, 2.05) is 0 Å². The van der Waals surface area contributed by atoms with Crippen molar-refractivity contribution in [3.05, 3.63) is 39.7 Å². The average Bonchev–Trinajstić information content (AvgIpc) is 2.92. The van der Waals surface area contributed by atoms with Crippen molar-refractivity contribution in [2.45, 2.75) is 70.3 Å². The molecule has 3 aliphatic carbocycles. The molecule has 236 valence electrons. The van der Waals surface area contributed by atoms with E-state index in [1.54, 1.807) is 19.0 Å². The van der Waals surface area contributed by atoms with Crippen molar-refractivity contribution >= 4 is 23.2 Å². The van der Waals surface area contributed by atoms with E-state index in [4.69, 9.17) is 15.9 Å². The topological polar surface area (TPSA) is 193 Å². The highest BCUT2D eigenvalue weighted by Gasteiger charge is 2.71. The number of ether oxygens (including phenoxy) is 1. The molecule has 12 heteroatoms. The number of nitrogens with two attached hydrogens (primary N) is 1. The smallest absolute Gasteiger partial charge is 0.254 e. The third kappa shape index (κ3) is 4.45. The number of likely N-dealkylation sites (N-methyl/N-ethyl adjacent to an activating group) is 2. The number of nitrogens with one attached hydrogen (secondary N) is 2. The Balaban J connectivity index is 1.96. The summed E-state index contributed by atoms with van der Waals surface area (Å²) < 4.78 is 5.89. The number of primary amides is 1. The number of hydrogen-bond donors (Lipinski definition) is 7. The maximum absolute atomic E-state index is 14.4. The van der Waals surface area contributed by atoms with Crippen molar-refractivity contribution in [2.24, 2.45) is 17.6 Å². The summed E-state index contributed by atoms with van der Waals surface area (Å²) in [6.07, 6.45) is 0.141. The van der Waals surface area contributed by atoms with Crippen molar-refractivity contribution in [3.8, 4) is 11.5 Å². The fraction of sp³-hybridized carbons (Fsp3) is 0.581. The van der Waals surface area contributed by atoms with Crippen molar-refractivity contribution in [2.75, 3.05) is 34.8 Å². The number of methoxy groups -OCH3 is 1. The standard InChI is InChI=1S/C31H45N5O7/c1-9-36(15(4)14(2)3)13-17-11-19(37)21-18(25(17)43-8)10-16-12-30(34-5)27(35(6)7)24(39)22(29(33)41)26(32)31(30,42)28(40)20(16)23(21)38/h11,14-16,27,32,34,37-39,42H,9-10,12-13H2,1-8H3,(H2,33,41)/t15-,16+,27-,30-,31-/m1/s1. The first-order valence-corrected chi connectivity index (χ1v) is 14.6. The van der Waals surface area contributed by atoms with Gasteiger partial charge in [0.1, 0.15) is 28.6 Å². The van der Waals surface area contributed by atoms with Crippen LogP contribution in [0.25, 0.3) is 5.76 Å². The van der Waals surface area contributed by atoms with Gasteiger partial charge >= 0.3 is 0 Å². The molecule has 1 aromatic carbocycles. The van der Waals surface area contributed by atoms with Gasteiger partial charge in [0.15, 0.2) is 5.60 Å². The third-order valence-electron chi connectivity index (χ3n) is 9.90. The van der Waals surface area contributed by atoms with Gasteiger partial charge in [0.05, 0.1) is 30.0 Å². The van der Waals surface area contributed by atoms with Crippen molar-refractivity contribution in [3.63, 3.8) is 0 Å². The van der Waals surface area contributed by atoms with Crippen LogP contribution < -0.4 is 15.8 Å². The zero-order valence-corrected chi connectivity index (χ0v) is 26.2. The van der Waals surface area contributed by atoms with Gasteiger partial charge in [-0.2, -0.15) is 0 Å². The molecule has 4 rings (SSSR count). The number of carbonyl (C=O) groups excluding carboxylic acids is 2. The van der Waals surface area contributed by atoms with Crippen LogP contribution in [-0.2, 0) is 22.6 Å². The van der Waals surface area contributed by atoms with Crippen LogP contribution >= 0.6 is 0 Å². The number of phenolic OH excluding ortho intramolecular Hbond substituents is 1. The summed E-state index contributed by atoms with van der Waals surface area (Å²) in [7, 11) is 6.26. The Morgan fingerprint density at radius 2 is 1.88 bits per heavy atom. The lowest BCUT2D eigenvalue weighted by atomic mass is 9.52. The number of rotatable bonds is 9. The maximum atomic E-state index is 14.4. The Bertz CT molecular complexity index is 1430. The van der Waals surface area contributed by atoms with Crippen LogP contribution in [0.15, 0.2) is 23.0 Å². The second kappa shape index (κ2) is 11.2. The van der Waals surface area contributed by atoms with Crippen molar-refractivity contribution < 1.29 is 34.8 Å². The minimum Gasteiger partial charge on any atom is -0.510 e. The van der Waals surface area contributed by atoms with Crippen LogP contribution in [0.5, 0.6) is 11.5 Å². The molecule has 3 aliphatic rings. The summed E-state index contributed by atoms with van der Waals surface area (Å²) in [6, 6.07) is 0.638. The zero-order chi connectivity index (χ0) is 32.3. The lowest BCUT2D eigenvalue weighted by Crippen LogP contribution is -2.81. The van der Waals surface area contributed by atoms with E-state index < -0.39 is 57.6 Å². The highest BCUT2D eigenvalue weighted by atomic mass is 16.5. The predicted molar refractivity (Wildman–Crippen MR) is 162 cm³/mol. The van der Waals surface area contributed by atoms with Crippen molar-refractivity contribution in [1.29, 1.82) is 5.41 Å². The van der Waals surface area contributed by atoms with Crippen LogP contribution in [0, 0.1) is 17.2 Å². The fourth-order valence-electron chi connectivity index (χ4n) is 7.54. The van der Waals surface area contributed by atoms with Gasteiger partial charge < -0.3 is 41.6 Å². The molecule has 5 atom stereocenters. The van der Waals surface area contributed by atoms with Gasteiger partial charge in [-0.05, 0) is 65.4 Å². The molecule has 0 spiro atoms. The highest BCUT2D eigenvalue weighted by molar-refractivity contribution is 6.34. The molecule has 0 aromatic heterocycles. The summed E-state index contributed by atoms with van der Waals surface area (Å²) in [5.74, 6) is -3.30. The fourth-order valence-corrected chi connectivity index (χ4v) is 7.54. The third-order valence-corrected chi connectivity index (χ3v) is 9.90. The number of nitrogens with zero attached hydrogens (tertiary/aromatic N) is 2. The van der Waals surface area contributed by atoms with E-state index in [9.17, 15) is 30.0 Å². The van der Waals surface area contributed by atoms with Crippen LogP contribution in [0.4, 0.5) is 0 Å². The number of hydrogen-bond acceptors (Lipinski definition) is 11. The molecule has 1 saturated carbocycles. The number of amides is 1. The monoisotopic (exact) mass is 599 g/mol. The van der Waals surface area contributed by atoms with Gasteiger partial charge in [-0.15, -0.1) is 0 Å². The molecule has 1 aromatic rings. The number of phenols is 1. The van der Waals surface area contributed by atoms with E-state index >= 15 is 0 Å². The van der Waals surface area contributed by atoms with Crippen LogP contribution in [-0.4, -0.2) is 106 Å². The van der Waals surface area contributed by atoms with Gasteiger partial charge in [0, 0.05) is 29.3 Å². The second-order valence-electron chi connectivity index (χ2n) is 12.5. The molecule has 8 N–H and O–H groups in total. The van der Waals surface area contributed by atoms with Crippen LogP contribution in [0.3, 0.4) is 0 Å². The molecular formula is C31H45N5O7. The van der Waals surface area contributed by atoms with Gasteiger partial charge in [-0.1, -0.05) is 20.8 Å². The lowest BCUT2D eigenvalue weighted by molar-refractivity contribution is -0.144. The van der Waals surface area contributed by atoms with Crippen LogP contribution in [0.1, 0.15) is 50.8 Å². The number of aromatic hydroxyl groups is 1. The first-order chi connectivity index (χ1) is 20.0. The second-order valence-corrected chi connectivity index (χ2v) is 12.5. The number of benzene rings is 1. The van der Waals surface area contributed by atoms with E-state index in [1.165, 1.54) is 20.2 Å². The van der Waals surface area contributed by atoms with Crippen LogP contribution in [0.2, 0.25) is 0 Å². The molecular weight excluding hydrogens is 554 g/mol. The number of fused-ring (bicyclic) bond motifs is 3. The molecule has 0 unspecified atom stereocenters. The molecule has 1 amide bonds. The molecule has 0 aliphatic heterocycles. The van der Waals surface area contributed by atoms with E-state index in [2.05, 4.69) is 37.9 Å². The largest absolute Gasteiger partial charge is 0.510 e. The van der Waals surface area contributed by atoms with E-state index in [0.717, 1.165) is 12.1 Å². The number of ketones is 1. The van der Waals surface area contributed by atoms with Gasteiger partial charge in [-0.25, -0.2) is 0 Å². The number of Topliss-reactive ketones (excluding diaryl/α,β-unsaturated/α-hetero) is 1. The van der Waals surface area contributed by atoms with E-state index in [-0.39, 0.29) is 35.8 Å². The van der Waals surface area contributed by atoms with Gasteiger partial charge in [-0.3, -0.25) is 19.4 Å². The highest BCUT2D eigenvalue weighted by Crippen LogP contribution is 2.55.